The number of nitrogens with zero attached hydrogens (tertiary/aromatic N) is 1. The molecule has 0 bridgehead atoms. The fourth-order valence-corrected chi connectivity index (χ4v) is 2.63. The molecule has 0 amide bonds. The zero-order valence-corrected chi connectivity index (χ0v) is 15.3. The second-order valence-corrected chi connectivity index (χ2v) is 6.88. The van der Waals surface area contributed by atoms with Crippen LogP contribution in [-0.4, -0.2) is 28.3 Å². The van der Waals surface area contributed by atoms with Crippen molar-refractivity contribution in [1.82, 2.24) is 0 Å². The molecule has 0 aliphatic rings. The Morgan fingerprint density at radius 1 is 1.20 bits per heavy atom. The lowest BCUT2D eigenvalue weighted by Gasteiger charge is -2.28. The molecule has 6 nitrogen and oxygen atoms in total. The van der Waals surface area contributed by atoms with Gasteiger partial charge in [-0.2, -0.15) is 0 Å². The van der Waals surface area contributed by atoms with Gasteiger partial charge in [-0.25, -0.2) is 0 Å². The highest BCUT2D eigenvalue weighted by Crippen LogP contribution is 2.33. The summed E-state index contributed by atoms with van der Waals surface area (Å²) < 4.78 is 5.38. The van der Waals surface area contributed by atoms with Crippen molar-refractivity contribution in [3.63, 3.8) is 0 Å². The van der Waals surface area contributed by atoms with E-state index in [1.165, 1.54) is 19.1 Å². The van der Waals surface area contributed by atoms with E-state index in [1.807, 2.05) is 0 Å². The first-order valence-corrected chi connectivity index (χ1v) is 8.16. The van der Waals surface area contributed by atoms with Crippen molar-refractivity contribution in [2.24, 2.45) is 5.92 Å². The van der Waals surface area contributed by atoms with Gasteiger partial charge >= 0.3 is 5.97 Å². The molecule has 0 aliphatic heterocycles. The summed E-state index contributed by atoms with van der Waals surface area (Å²) in [5, 5.41) is 11.4. The first-order chi connectivity index (χ1) is 11.6. The van der Waals surface area contributed by atoms with Gasteiger partial charge in [0.25, 0.3) is 0 Å². The highest BCUT2D eigenvalue weighted by molar-refractivity contribution is 6.06. The Balaban J connectivity index is 3.44. The van der Waals surface area contributed by atoms with Crippen LogP contribution in [0.5, 0.6) is 0 Å². The van der Waals surface area contributed by atoms with Crippen LogP contribution in [-0.2, 0) is 14.3 Å². The monoisotopic (exact) mass is 347 g/mol. The molecule has 0 saturated heterocycles. The van der Waals surface area contributed by atoms with Crippen LogP contribution >= 0.6 is 0 Å². The molecule has 0 aromatic heterocycles. The number of ketones is 1. The van der Waals surface area contributed by atoms with Gasteiger partial charge < -0.3 is 4.74 Å². The highest BCUT2D eigenvalue weighted by atomic mass is 16.6. The van der Waals surface area contributed by atoms with E-state index in [2.05, 4.69) is 0 Å². The molecule has 0 fully saturated rings. The number of esters is 1. The fraction of sp³-hybridized carbons (Fsp3) is 0.474. The van der Waals surface area contributed by atoms with E-state index in [-0.39, 0.29) is 0 Å². The zero-order chi connectivity index (χ0) is 19.2. The third kappa shape index (κ3) is 5.81. The normalized spacial score (nSPS) is 15.4. The molecule has 136 valence electrons. The molecular formula is C19H25NO5. The quantitative estimate of drug-likeness (QED) is 0.247. The summed E-state index contributed by atoms with van der Waals surface area (Å²) in [6.07, 6.45) is 2.77. The molecule has 0 aliphatic carbocycles. The molecule has 0 heterocycles. The lowest BCUT2D eigenvalue weighted by Crippen LogP contribution is -2.41. The molecule has 1 rings (SSSR count). The number of ether oxygens (including phenoxy) is 1. The molecule has 0 N–H and O–H groups in total. The number of allylic oxidation sites excluding steroid dienone is 2. The molecule has 25 heavy (non-hydrogen) atoms. The maximum Gasteiger partial charge on any atom is 0.318 e. The first-order valence-electron chi connectivity index (χ1n) is 8.16. The van der Waals surface area contributed by atoms with Crippen LogP contribution in [0.3, 0.4) is 0 Å². The van der Waals surface area contributed by atoms with Crippen LogP contribution in [0.15, 0.2) is 42.5 Å². The summed E-state index contributed by atoms with van der Waals surface area (Å²) in [6, 6.07) is 7.46. The van der Waals surface area contributed by atoms with E-state index in [4.69, 9.17) is 4.74 Å². The van der Waals surface area contributed by atoms with Gasteiger partial charge in [0.15, 0.2) is 5.78 Å². The minimum Gasteiger partial charge on any atom is -0.459 e. The predicted molar refractivity (Wildman–Crippen MR) is 94.8 cm³/mol. The van der Waals surface area contributed by atoms with E-state index in [1.54, 1.807) is 58.0 Å². The Labute approximate surface area is 148 Å². The van der Waals surface area contributed by atoms with Crippen molar-refractivity contribution in [2.45, 2.75) is 52.2 Å². The SMILES string of the molecule is C/C=C/C(=O)C(C(=O)OC(C)(C)C)C(c1ccccc1)C(C)[N+](=O)[O-]. The largest absolute Gasteiger partial charge is 0.459 e. The van der Waals surface area contributed by atoms with E-state index in [0.717, 1.165) is 0 Å². The number of carbonyl (C=O) groups is 2. The topological polar surface area (TPSA) is 86.5 Å². The summed E-state index contributed by atoms with van der Waals surface area (Å²) in [4.78, 5) is 36.3. The van der Waals surface area contributed by atoms with Gasteiger partial charge in [0, 0.05) is 11.8 Å². The van der Waals surface area contributed by atoms with Crippen molar-refractivity contribution >= 4 is 11.8 Å². The average molecular weight is 347 g/mol. The van der Waals surface area contributed by atoms with Gasteiger partial charge in [-0.3, -0.25) is 19.7 Å². The third-order valence-corrected chi connectivity index (χ3v) is 3.69. The molecule has 3 unspecified atom stereocenters. The van der Waals surface area contributed by atoms with Gasteiger partial charge in [0.1, 0.15) is 11.5 Å². The number of nitro groups is 1. The van der Waals surface area contributed by atoms with Gasteiger partial charge in [-0.05, 0) is 39.3 Å². The summed E-state index contributed by atoms with van der Waals surface area (Å²) in [6.45, 7) is 8.13. The van der Waals surface area contributed by atoms with Crippen molar-refractivity contribution in [2.75, 3.05) is 0 Å². The van der Waals surface area contributed by atoms with E-state index in [9.17, 15) is 19.7 Å². The Morgan fingerprint density at radius 2 is 1.76 bits per heavy atom. The number of carbonyl (C=O) groups excluding carboxylic acids is 2. The Kier molecular flexibility index (Phi) is 7.03. The van der Waals surface area contributed by atoms with E-state index >= 15 is 0 Å². The number of benzene rings is 1. The summed E-state index contributed by atoms with van der Waals surface area (Å²) >= 11 is 0. The maximum atomic E-state index is 12.7. The van der Waals surface area contributed by atoms with Gasteiger partial charge in [-0.1, -0.05) is 36.4 Å². The van der Waals surface area contributed by atoms with Crippen LogP contribution in [0.25, 0.3) is 0 Å². The van der Waals surface area contributed by atoms with Crippen LogP contribution in [0.1, 0.15) is 46.1 Å². The highest BCUT2D eigenvalue weighted by Gasteiger charge is 2.44. The number of rotatable bonds is 7. The van der Waals surface area contributed by atoms with Gasteiger partial charge in [-0.15, -0.1) is 0 Å². The number of hydrogen-bond donors (Lipinski definition) is 0. The summed E-state index contributed by atoms with van der Waals surface area (Å²) in [7, 11) is 0. The molecule has 3 atom stereocenters. The molecule has 1 aromatic rings. The second-order valence-electron chi connectivity index (χ2n) is 6.88. The molecule has 1 aromatic carbocycles. The number of hydrogen-bond acceptors (Lipinski definition) is 5. The summed E-state index contributed by atoms with van der Waals surface area (Å²) in [5.41, 5.74) is -0.245. The third-order valence-electron chi connectivity index (χ3n) is 3.69. The summed E-state index contributed by atoms with van der Waals surface area (Å²) in [5.74, 6) is -3.45. The predicted octanol–water partition coefficient (Wildman–Crippen LogP) is 3.54. The lowest BCUT2D eigenvalue weighted by atomic mass is 9.78. The van der Waals surface area contributed by atoms with Crippen molar-refractivity contribution in [3.8, 4) is 0 Å². The molecule has 0 radical (unpaired) electrons. The molecular weight excluding hydrogens is 322 g/mol. The van der Waals surface area contributed by atoms with Gasteiger partial charge in [0.05, 0.1) is 5.92 Å². The molecule has 0 spiro atoms. The smallest absolute Gasteiger partial charge is 0.318 e. The minimum atomic E-state index is -1.28. The van der Waals surface area contributed by atoms with Crippen molar-refractivity contribution in [3.05, 3.63) is 58.2 Å². The van der Waals surface area contributed by atoms with Crippen LogP contribution in [0.4, 0.5) is 0 Å². The zero-order valence-electron chi connectivity index (χ0n) is 15.3. The first kappa shape index (κ1) is 20.5. The van der Waals surface area contributed by atoms with Crippen LogP contribution in [0.2, 0.25) is 0 Å². The average Bonchev–Trinajstić information content (AvgIpc) is 2.50. The standard InChI is InChI=1S/C19H25NO5/c1-6-10-15(21)17(18(22)25-19(3,4)5)16(13(2)20(23)24)14-11-8-7-9-12-14/h6-13,16-17H,1-5H3/b10-6+. The minimum absolute atomic E-state index is 0.474. The Morgan fingerprint density at radius 3 is 2.20 bits per heavy atom. The fourth-order valence-electron chi connectivity index (χ4n) is 2.63. The van der Waals surface area contributed by atoms with Crippen LogP contribution in [0, 0.1) is 16.0 Å². The van der Waals surface area contributed by atoms with Gasteiger partial charge in [0.2, 0.25) is 6.04 Å². The second kappa shape index (κ2) is 8.55. The van der Waals surface area contributed by atoms with Crippen LogP contribution < -0.4 is 0 Å². The Hall–Kier alpha value is -2.50. The van der Waals surface area contributed by atoms with E-state index in [0.29, 0.717) is 5.56 Å². The molecule has 6 heteroatoms. The van der Waals surface area contributed by atoms with E-state index < -0.39 is 40.2 Å². The lowest BCUT2D eigenvalue weighted by molar-refractivity contribution is -0.523. The van der Waals surface area contributed by atoms with Crippen molar-refractivity contribution in [1.29, 1.82) is 0 Å². The Bertz CT molecular complexity index is 646. The molecule has 0 saturated carbocycles. The van der Waals surface area contributed by atoms with Crippen molar-refractivity contribution < 1.29 is 19.2 Å². The maximum absolute atomic E-state index is 12.7.